The highest BCUT2D eigenvalue weighted by molar-refractivity contribution is 6.15. The molecule has 2 aromatic carbocycles. The number of rotatable bonds is 9. The Morgan fingerprint density at radius 1 is 0.964 bits per heavy atom. The number of benzene rings is 2. The van der Waals surface area contributed by atoms with E-state index in [1.54, 1.807) is 12.1 Å². The molecule has 0 aliphatic heterocycles. The van der Waals surface area contributed by atoms with Crippen LogP contribution in [0.5, 0.6) is 5.75 Å². The van der Waals surface area contributed by atoms with Crippen molar-refractivity contribution in [1.29, 1.82) is 0 Å². The minimum absolute atomic E-state index is 0.0392. The predicted molar refractivity (Wildman–Crippen MR) is 107 cm³/mol. The van der Waals surface area contributed by atoms with Gasteiger partial charge >= 0.3 is 5.97 Å². The fourth-order valence-corrected chi connectivity index (χ4v) is 2.78. The molecule has 0 atom stereocenters. The highest BCUT2D eigenvalue weighted by atomic mass is 16.5. The van der Waals surface area contributed by atoms with Gasteiger partial charge in [0, 0.05) is 24.2 Å². The van der Waals surface area contributed by atoms with Crippen LogP contribution in [-0.4, -0.2) is 29.4 Å². The molecule has 0 saturated carbocycles. The number of hydrogen-bond donors (Lipinski definition) is 2. The number of nitrogens with one attached hydrogen (secondary N) is 1. The molecule has 0 aromatic heterocycles. The van der Waals surface area contributed by atoms with Crippen LogP contribution >= 0.6 is 0 Å². The number of ether oxygens (including phenoxy) is 1. The molecule has 6 nitrogen and oxygen atoms in total. The number of aromatic hydroxyl groups is 1. The van der Waals surface area contributed by atoms with Crippen molar-refractivity contribution in [2.45, 2.75) is 39.5 Å². The van der Waals surface area contributed by atoms with Gasteiger partial charge in [0.2, 0.25) is 5.91 Å². The second-order valence-electron chi connectivity index (χ2n) is 6.48. The monoisotopic (exact) mass is 383 g/mol. The van der Waals surface area contributed by atoms with E-state index in [2.05, 4.69) is 12.2 Å². The summed E-state index contributed by atoms with van der Waals surface area (Å²) in [6.45, 7) is 3.75. The van der Waals surface area contributed by atoms with Crippen LogP contribution in [0.25, 0.3) is 0 Å². The maximum absolute atomic E-state index is 12.9. The predicted octanol–water partition coefficient (Wildman–Crippen LogP) is 4.32. The third kappa shape index (κ3) is 5.67. The van der Waals surface area contributed by atoms with Gasteiger partial charge in [0.15, 0.2) is 5.78 Å². The third-order valence-corrected chi connectivity index (χ3v) is 4.19. The van der Waals surface area contributed by atoms with Crippen LogP contribution in [0.1, 0.15) is 65.8 Å². The summed E-state index contributed by atoms with van der Waals surface area (Å²) in [5.41, 5.74) is 0.732. The Balaban J connectivity index is 2.18. The van der Waals surface area contributed by atoms with Gasteiger partial charge in [-0.25, -0.2) is 4.79 Å². The van der Waals surface area contributed by atoms with Gasteiger partial charge in [0.05, 0.1) is 17.7 Å². The molecule has 2 N–H and O–H groups in total. The number of unbranched alkanes of at least 4 members (excludes halogenated alkanes) is 3. The average Bonchev–Trinajstić information content (AvgIpc) is 2.67. The van der Waals surface area contributed by atoms with Crippen LogP contribution in [0.3, 0.4) is 0 Å². The van der Waals surface area contributed by atoms with Crippen molar-refractivity contribution in [3.63, 3.8) is 0 Å². The number of carbonyl (C=O) groups excluding carboxylic acids is 3. The topological polar surface area (TPSA) is 92.7 Å². The number of anilines is 1. The Kier molecular flexibility index (Phi) is 7.75. The maximum atomic E-state index is 12.9. The van der Waals surface area contributed by atoms with Gasteiger partial charge in [-0.1, -0.05) is 44.4 Å². The Morgan fingerprint density at radius 3 is 2.32 bits per heavy atom. The number of hydrogen-bond acceptors (Lipinski definition) is 5. The van der Waals surface area contributed by atoms with Crippen molar-refractivity contribution in [1.82, 2.24) is 0 Å². The first kappa shape index (κ1) is 21.2. The first-order chi connectivity index (χ1) is 13.4. The molecule has 0 aliphatic carbocycles. The van der Waals surface area contributed by atoms with Crippen LogP contribution in [0.2, 0.25) is 0 Å². The van der Waals surface area contributed by atoms with Crippen molar-refractivity contribution < 1.29 is 24.2 Å². The van der Waals surface area contributed by atoms with E-state index in [1.807, 2.05) is 0 Å². The van der Waals surface area contributed by atoms with Crippen molar-refractivity contribution >= 4 is 23.3 Å². The van der Waals surface area contributed by atoms with E-state index in [0.717, 1.165) is 25.7 Å². The molecule has 0 heterocycles. The largest absolute Gasteiger partial charge is 0.507 e. The van der Waals surface area contributed by atoms with E-state index >= 15 is 0 Å². The summed E-state index contributed by atoms with van der Waals surface area (Å²) in [7, 11) is 0. The van der Waals surface area contributed by atoms with Crippen molar-refractivity contribution in [2.75, 3.05) is 11.9 Å². The van der Waals surface area contributed by atoms with Gasteiger partial charge in [-0.15, -0.1) is 0 Å². The zero-order valence-electron chi connectivity index (χ0n) is 16.2. The molecule has 1 amide bonds. The van der Waals surface area contributed by atoms with Crippen molar-refractivity contribution in [2.24, 2.45) is 0 Å². The SMILES string of the molecule is CCCCCCOC(=O)c1ccccc1C(=O)c1ccc(NC(C)=O)cc1O. The molecule has 0 saturated heterocycles. The van der Waals surface area contributed by atoms with E-state index < -0.39 is 11.8 Å². The summed E-state index contributed by atoms with van der Waals surface area (Å²) in [5.74, 6) is -1.62. The minimum Gasteiger partial charge on any atom is -0.507 e. The Bertz CT molecular complexity index is 860. The van der Waals surface area contributed by atoms with Crippen LogP contribution in [0.15, 0.2) is 42.5 Å². The lowest BCUT2D eigenvalue weighted by molar-refractivity contribution is -0.114. The fourth-order valence-electron chi connectivity index (χ4n) is 2.78. The quantitative estimate of drug-likeness (QED) is 0.382. The van der Waals surface area contributed by atoms with Crippen LogP contribution < -0.4 is 5.32 Å². The maximum Gasteiger partial charge on any atom is 0.338 e. The Morgan fingerprint density at radius 2 is 1.68 bits per heavy atom. The summed E-state index contributed by atoms with van der Waals surface area (Å²) in [5, 5.41) is 12.7. The number of carbonyl (C=O) groups is 3. The summed E-state index contributed by atoms with van der Waals surface area (Å²) in [6.07, 6.45) is 3.94. The summed E-state index contributed by atoms with van der Waals surface area (Å²) in [4.78, 5) is 36.4. The van der Waals surface area contributed by atoms with E-state index in [4.69, 9.17) is 4.74 Å². The van der Waals surface area contributed by atoms with Crippen molar-refractivity contribution in [3.8, 4) is 5.75 Å². The standard InChI is InChI=1S/C22H25NO5/c1-3-4-5-8-13-28-22(27)18-10-7-6-9-17(18)21(26)19-12-11-16(14-20(19)25)23-15(2)24/h6-7,9-12,14,25H,3-5,8,13H2,1-2H3,(H,23,24). The van der Waals surface area contributed by atoms with Gasteiger partial charge < -0.3 is 15.2 Å². The summed E-state index contributed by atoms with van der Waals surface area (Å²) >= 11 is 0. The van der Waals surface area contributed by atoms with Crippen molar-refractivity contribution in [3.05, 3.63) is 59.2 Å². The van der Waals surface area contributed by atoms with E-state index in [1.165, 1.54) is 37.3 Å². The highest BCUT2D eigenvalue weighted by Gasteiger charge is 2.21. The molecular weight excluding hydrogens is 358 g/mol. The zero-order valence-corrected chi connectivity index (χ0v) is 16.2. The molecule has 0 radical (unpaired) electrons. The Labute approximate surface area is 164 Å². The van der Waals surface area contributed by atoms with Gasteiger partial charge in [0.25, 0.3) is 0 Å². The molecule has 148 valence electrons. The van der Waals surface area contributed by atoms with Gasteiger partial charge in [-0.2, -0.15) is 0 Å². The van der Waals surface area contributed by atoms with Crippen LogP contribution in [0.4, 0.5) is 5.69 Å². The van der Waals surface area contributed by atoms with E-state index in [9.17, 15) is 19.5 Å². The zero-order chi connectivity index (χ0) is 20.5. The first-order valence-corrected chi connectivity index (χ1v) is 9.35. The number of esters is 1. The number of phenolic OH excluding ortho intramolecular Hbond substituents is 1. The molecule has 2 rings (SSSR count). The molecule has 0 bridgehead atoms. The first-order valence-electron chi connectivity index (χ1n) is 9.35. The van der Waals surface area contributed by atoms with Gasteiger partial charge in [-0.3, -0.25) is 9.59 Å². The van der Waals surface area contributed by atoms with Gasteiger partial charge in [0.1, 0.15) is 5.75 Å². The van der Waals surface area contributed by atoms with E-state index in [-0.39, 0.29) is 28.3 Å². The number of amides is 1. The molecular formula is C22H25NO5. The molecule has 0 spiro atoms. The Hall–Kier alpha value is -3.15. The number of ketones is 1. The van der Waals surface area contributed by atoms with Crippen LogP contribution in [0, 0.1) is 0 Å². The fraction of sp³-hybridized carbons (Fsp3) is 0.318. The number of phenols is 1. The third-order valence-electron chi connectivity index (χ3n) is 4.19. The second-order valence-corrected chi connectivity index (χ2v) is 6.48. The average molecular weight is 383 g/mol. The molecule has 6 heteroatoms. The minimum atomic E-state index is -0.560. The van der Waals surface area contributed by atoms with E-state index in [0.29, 0.717) is 12.3 Å². The molecule has 2 aromatic rings. The normalized spacial score (nSPS) is 10.4. The lowest BCUT2D eigenvalue weighted by atomic mass is 9.97. The lowest BCUT2D eigenvalue weighted by Crippen LogP contribution is -2.13. The summed E-state index contributed by atoms with van der Waals surface area (Å²) in [6, 6.07) is 10.6. The van der Waals surface area contributed by atoms with Crippen LogP contribution in [-0.2, 0) is 9.53 Å². The molecule has 28 heavy (non-hydrogen) atoms. The lowest BCUT2D eigenvalue weighted by Gasteiger charge is -2.11. The highest BCUT2D eigenvalue weighted by Crippen LogP contribution is 2.26. The smallest absolute Gasteiger partial charge is 0.338 e. The molecule has 0 aliphatic rings. The second kappa shape index (κ2) is 10.3. The van der Waals surface area contributed by atoms with Gasteiger partial charge in [-0.05, 0) is 24.6 Å². The molecule has 0 fully saturated rings. The summed E-state index contributed by atoms with van der Waals surface area (Å²) < 4.78 is 5.29. The molecule has 0 unspecified atom stereocenters.